The molecule has 0 unspecified atom stereocenters. The topological polar surface area (TPSA) is 61.9 Å². The fourth-order valence-corrected chi connectivity index (χ4v) is 2.98. The standard InChI is InChI=1S/C20H31N3O3/c1-3-5-12-22(13-6-4-2)14-11-21-19(24)15-23-17-9-7-8-10-18(17)26-16-20(23)25/h7-10H,3-6,11-16H2,1-2H3,(H,21,24). The molecule has 1 aliphatic heterocycles. The van der Waals surface area contributed by atoms with E-state index in [1.165, 1.54) is 30.6 Å². The Morgan fingerprint density at radius 3 is 2.54 bits per heavy atom. The van der Waals surface area contributed by atoms with E-state index < -0.39 is 0 Å². The zero-order chi connectivity index (χ0) is 18.8. The summed E-state index contributed by atoms with van der Waals surface area (Å²) in [6, 6.07) is 7.31. The van der Waals surface area contributed by atoms with Gasteiger partial charge in [0.25, 0.3) is 5.91 Å². The van der Waals surface area contributed by atoms with E-state index in [1.807, 2.05) is 18.2 Å². The van der Waals surface area contributed by atoms with Crippen LogP contribution in [0.5, 0.6) is 5.75 Å². The molecule has 0 atom stereocenters. The SMILES string of the molecule is CCCCN(CCCC)CCNC(=O)CN1C(=O)COc2ccccc21. The van der Waals surface area contributed by atoms with Gasteiger partial charge in [0.2, 0.25) is 5.91 Å². The van der Waals surface area contributed by atoms with Crippen LogP contribution in [0.4, 0.5) is 5.69 Å². The van der Waals surface area contributed by atoms with E-state index in [0.717, 1.165) is 19.6 Å². The zero-order valence-corrected chi connectivity index (χ0v) is 16.0. The maximum atomic E-state index is 12.3. The number of hydrogen-bond acceptors (Lipinski definition) is 4. The van der Waals surface area contributed by atoms with Crippen molar-refractivity contribution in [3.8, 4) is 5.75 Å². The van der Waals surface area contributed by atoms with Crippen LogP contribution in [0, 0.1) is 0 Å². The molecule has 0 saturated heterocycles. The van der Waals surface area contributed by atoms with Gasteiger partial charge in [-0.3, -0.25) is 14.5 Å². The number of nitrogens with one attached hydrogen (secondary N) is 1. The highest BCUT2D eigenvalue weighted by molar-refractivity contribution is 6.02. The molecule has 0 bridgehead atoms. The van der Waals surface area contributed by atoms with Crippen molar-refractivity contribution in [3.05, 3.63) is 24.3 Å². The predicted molar refractivity (Wildman–Crippen MR) is 104 cm³/mol. The summed E-state index contributed by atoms with van der Waals surface area (Å²) in [6.07, 6.45) is 4.70. The lowest BCUT2D eigenvalue weighted by molar-refractivity contribution is -0.125. The minimum atomic E-state index is -0.189. The van der Waals surface area contributed by atoms with Crippen LogP contribution in [0.2, 0.25) is 0 Å². The molecule has 1 aromatic rings. The minimum Gasteiger partial charge on any atom is -0.482 e. The molecule has 0 fully saturated rings. The van der Waals surface area contributed by atoms with Gasteiger partial charge in [-0.2, -0.15) is 0 Å². The Labute approximate surface area is 156 Å². The number of nitrogens with zero attached hydrogens (tertiary/aromatic N) is 2. The summed E-state index contributed by atoms with van der Waals surface area (Å²) in [5.41, 5.74) is 0.659. The fourth-order valence-electron chi connectivity index (χ4n) is 2.98. The zero-order valence-electron chi connectivity index (χ0n) is 16.0. The molecular weight excluding hydrogens is 330 g/mol. The van der Waals surface area contributed by atoms with Gasteiger partial charge < -0.3 is 15.0 Å². The molecule has 0 aromatic heterocycles. The van der Waals surface area contributed by atoms with Crippen molar-refractivity contribution >= 4 is 17.5 Å². The van der Waals surface area contributed by atoms with Crippen molar-refractivity contribution in [3.63, 3.8) is 0 Å². The molecule has 0 radical (unpaired) electrons. The first-order valence-corrected chi connectivity index (χ1v) is 9.67. The van der Waals surface area contributed by atoms with Gasteiger partial charge in [0, 0.05) is 13.1 Å². The summed E-state index contributed by atoms with van der Waals surface area (Å²) in [5.74, 6) is 0.317. The monoisotopic (exact) mass is 361 g/mol. The summed E-state index contributed by atoms with van der Waals surface area (Å²) in [6.45, 7) is 7.98. The number of amides is 2. The molecule has 0 aliphatic carbocycles. The van der Waals surface area contributed by atoms with Crippen LogP contribution in [0.1, 0.15) is 39.5 Å². The summed E-state index contributed by atoms with van der Waals surface area (Å²) in [7, 11) is 0. The van der Waals surface area contributed by atoms with E-state index in [2.05, 4.69) is 24.1 Å². The molecule has 1 N–H and O–H groups in total. The number of carbonyl (C=O) groups excluding carboxylic acids is 2. The van der Waals surface area contributed by atoms with Gasteiger partial charge in [-0.15, -0.1) is 0 Å². The molecular formula is C20H31N3O3. The Hall–Kier alpha value is -2.08. The van der Waals surface area contributed by atoms with Gasteiger partial charge in [-0.25, -0.2) is 0 Å². The van der Waals surface area contributed by atoms with Gasteiger partial charge in [0.1, 0.15) is 12.3 Å². The van der Waals surface area contributed by atoms with Gasteiger partial charge in [-0.05, 0) is 38.1 Å². The number of rotatable bonds is 11. The van der Waals surface area contributed by atoms with Crippen molar-refractivity contribution in [2.24, 2.45) is 0 Å². The van der Waals surface area contributed by atoms with Crippen LogP contribution < -0.4 is 15.0 Å². The molecule has 26 heavy (non-hydrogen) atoms. The first kappa shape index (κ1) is 20.2. The Balaban J connectivity index is 1.81. The van der Waals surface area contributed by atoms with Crippen LogP contribution in [0.3, 0.4) is 0 Å². The van der Waals surface area contributed by atoms with Gasteiger partial charge in [0.05, 0.1) is 5.69 Å². The Bertz CT molecular complexity index is 583. The molecule has 1 aliphatic rings. The largest absolute Gasteiger partial charge is 0.482 e. The second-order valence-corrected chi connectivity index (χ2v) is 6.63. The molecule has 2 rings (SSSR count). The molecule has 6 heteroatoms. The number of fused-ring (bicyclic) bond motifs is 1. The second kappa shape index (κ2) is 10.8. The average Bonchev–Trinajstić information content (AvgIpc) is 2.65. The van der Waals surface area contributed by atoms with Crippen molar-refractivity contribution in [2.45, 2.75) is 39.5 Å². The maximum absolute atomic E-state index is 12.3. The third-order valence-corrected chi connectivity index (χ3v) is 4.52. The smallest absolute Gasteiger partial charge is 0.265 e. The number of ether oxygens (including phenoxy) is 1. The van der Waals surface area contributed by atoms with Gasteiger partial charge in [-0.1, -0.05) is 38.8 Å². The summed E-state index contributed by atoms with van der Waals surface area (Å²) < 4.78 is 5.41. The number of anilines is 1. The van der Waals surface area contributed by atoms with Crippen LogP contribution in [0.15, 0.2) is 24.3 Å². The molecule has 1 heterocycles. The number of carbonyl (C=O) groups is 2. The van der Waals surface area contributed by atoms with Crippen molar-refractivity contribution in [2.75, 3.05) is 44.2 Å². The average molecular weight is 361 g/mol. The Morgan fingerprint density at radius 2 is 1.85 bits per heavy atom. The lowest BCUT2D eigenvalue weighted by Crippen LogP contribution is -2.46. The van der Waals surface area contributed by atoms with E-state index in [-0.39, 0.29) is 25.0 Å². The molecule has 2 amide bonds. The second-order valence-electron chi connectivity index (χ2n) is 6.63. The third-order valence-electron chi connectivity index (χ3n) is 4.52. The number of benzene rings is 1. The number of hydrogen-bond donors (Lipinski definition) is 1. The third kappa shape index (κ3) is 6.02. The Morgan fingerprint density at radius 1 is 1.15 bits per heavy atom. The van der Waals surface area contributed by atoms with Crippen molar-refractivity contribution < 1.29 is 14.3 Å². The van der Waals surface area contributed by atoms with E-state index in [9.17, 15) is 9.59 Å². The van der Waals surface area contributed by atoms with Crippen LogP contribution in [0.25, 0.3) is 0 Å². The fraction of sp³-hybridized carbons (Fsp3) is 0.600. The van der Waals surface area contributed by atoms with Crippen LogP contribution in [-0.4, -0.2) is 56.0 Å². The lowest BCUT2D eigenvalue weighted by atomic mass is 10.2. The molecule has 6 nitrogen and oxygen atoms in total. The molecule has 1 aromatic carbocycles. The number of unbranched alkanes of at least 4 members (excludes halogenated alkanes) is 2. The molecule has 144 valence electrons. The van der Waals surface area contributed by atoms with E-state index in [1.54, 1.807) is 6.07 Å². The summed E-state index contributed by atoms with van der Waals surface area (Å²) >= 11 is 0. The van der Waals surface area contributed by atoms with E-state index in [4.69, 9.17) is 4.74 Å². The van der Waals surface area contributed by atoms with Gasteiger partial charge in [0.15, 0.2) is 6.61 Å². The normalized spacial score (nSPS) is 13.5. The highest BCUT2D eigenvalue weighted by atomic mass is 16.5. The van der Waals surface area contributed by atoms with Gasteiger partial charge >= 0.3 is 0 Å². The van der Waals surface area contributed by atoms with Crippen LogP contribution >= 0.6 is 0 Å². The quantitative estimate of drug-likeness (QED) is 0.658. The number of para-hydroxylation sites is 2. The minimum absolute atomic E-state index is 0.0217. The highest BCUT2D eigenvalue weighted by Crippen LogP contribution is 2.31. The lowest BCUT2D eigenvalue weighted by Gasteiger charge is -2.29. The Kier molecular flexibility index (Phi) is 8.41. The molecule has 0 saturated carbocycles. The first-order chi connectivity index (χ1) is 12.7. The summed E-state index contributed by atoms with van der Waals surface area (Å²) in [4.78, 5) is 28.3. The maximum Gasteiger partial charge on any atom is 0.265 e. The highest BCUT2D eigenvalue weighted by Gasteiger charge is 2.26. The molecule has 0 spiro atoms. The predicted octanol–water partition coefficient (Wildman–Crippen LogP) is 2.43. The summed E-state index contributed by atoms with van der Waals surface area (Å²) in [5, 5.41) is 2.95. The van der Waals surface area contributed by atoms with Crippen molar-refractivity contribution in [1.82, 2.24) is 10.2 Å². The van der Waals surface area contributed by atoms with E-state index >= 15 is 0 Å². The first-order valence-electron chi connectivity index (χ1n) is 9.67. The van der Waals surface area contributed by atoms with Crippen LogP contribution in [-0.2, 0) is 9.59 Å². The van der Waals surface area contributed by atoms with E-state index in [0.29, 0.717) is 18.0 Å². The van der Waals surface area contributed by atoms with Crippen molar-refractivity contribution in [1.29, 1.82) is 0 Å².